The SMILES string of the molecule is CSc1nc(N2CC(CN)CC2=O)cc(=O)[nH]1. The molecule has 3 N–H and O–H groups in total. The second kappa shape index (κ2) is 4.89. The van der Waals surface area contributed by atoms with E-state index in [2.05, 4.69) is 9.97 Å². The van der Waals surface area contributed by atoms with Crippen molar-refractivity contribution in [2.75, 3.05) is 24.2 Å². The maximum atomic E-state index is 11.8. The van der Waals surface area contributed by atoms with E-state index >= 15 is 0 Å². The molecule has 0 radical (unpaired) electrons. The first kappa shape index (κ1) is 12.1. The van der Waals surface area contributed by atoms with Crippen LogP contribution < -0.4 is 16.2 Å². The lowest BCUT2D eigenvalue weighted by atomic mass is 10.1. The number of hydrogen-bond donors (Lipinski definition) is 2. The molecule has 2 rings (SSSR count). The van der Waals surface area contributed by atoms with Crippen LogP contribution in [0.4, 0.5) is 5.82 Å². The third-order valence-corrected chi connectivity index (χ3v) is 3.29. The van der Waals surface area contributed by atoms with E-state index in [0.29, 0.717) is 30.5 Å². The molecule has 1 aliphatic rings. The fraction of sp³-hybridized carbons (Fsp3) is 0.500. The number of nitrogens with two attached hydrogens (primary N) is 1. The van der Waals surface area contributed by atoms with E-state index in [1.54, 1.807) is 0 Å². The van der Waals surface area contributed by atoms with Gasteiger partial charge in [-0.15, -0.1) is 0 Å². The summed E-state index contributed by atoms with van der Waals surface area (Å²) in [5, 5.41) is 0.511. The number of carbonyl (C=O) groups is 1. The van der Waals surface area contributed by atoms with Gasteiger partial charge in [-0.25, -0.2) is 4.98 Å². The minimum Gasteiger partial charge on any atom is -0.330 e. The summed E-state index contributed by atoms with van der Waals surface area (Å²) in [6.07, 6.45) is 2.25. The van der Waals surface area contributed by atoms with Crippen LogP contribution in [-0.4, -0.2) is 35.2 Å². The van der Waals surface area contributed by atoms with Gasteiger partial charge in [-0.3, -0.25) is 14.5 Å². The molecule has 6 nitrogen and oxygen atoms in total. The fourth-order valence-corrected chi connectivity index (χ4v) is 2.21. The minimum atomic E-state index is -0.247. The maximum Gasteiger partial charge on any atom is 0.253 e. The van der Waals surface area contributed by atoms with Gasteiger partial charge in [0.2, 0.25) is 5.91 Å². The minimum absolute atomic E-state index is 0.0226. The van der Waals surface area contributed by atoms with Gasteiger partial charge in [0.15, 0.2) is 5.16 Å². The third kappa shape index (κ3) is 2.50. The van der Waals surface area contributed by atoms with Crippen LogP contribution in [0.25, 0.3) is 0 Å². The molecule has 1 aromatic rings. The Morgan fingerprint density at radius 3 is 3.00 bits per heavy atom. The smallest absolute Gasteiger partial charge is 0.253 e. The fourth-order valence-electron chi connectivity index (χ4n) is 1.82. The molecule has 0 saturated carbocycles. The molecule has 0 bridgehead atoms. The Balaban J connectivity index is 2.31. The first-order valence-corrected chi connectivity index (χ1v) is 6.52. The highest BCUT2D eigenvalue weighted by Crippen LogP contribution is 2.22. The zero-order valence-electron chi connectivity index (χ0n) is 9.47. The Morgan fingerprint density at radius 1 is 1.65 bits per heavy atom. The second-order valence-electron chi connectivity index (χ2n) is 3.92. The molecule has 0 spiro atoms. The van der Waals surface area contributed by atoms with E-state index in [9.17, 15) is 9.59 Å². The van der Waals surface area contributed by atoms with Crippen molar-refractivity contribution in [2.45, 2.75) is 11.6 Å². The summed E-state index contributed by atoms with van der Waals surface area (Å²) in [5.41, 5.74) is 5.30. The summed E-state index contributed by atoms with van der Waals surface area (Å²) in [4.78, 5) is 31.5. The Hall–Kier alpha value is -1.34. The molecular weight excluding hydrogens is 240 g/mol. The van der Waals surface area contributed by atoms with Crippen LogP contribution in [0.2, 0.25) is 0 Å². The average molecular weight is 254 g/mol. The summed E-state index contributed by atoms with van der Waals surface area (Å²) in [6, 6.07) is 1.34. The Bertz CT molecular complexity index is 487. The van der Waals surface area contributed by atoms with Gasteiger partial charge in [-0.2, -0.15) is 0 Å². The van der Waals surface area contributed by atoms with Crippen LogP contribution in [0.3, 0.4) is 0 Å². The molecular formula is C10H14N4O2S. The number of hydrogen-bond acceptors (Lipinski definition) is 5. The molecule has 1 aliphatic heterocycles. The van der Waals surface area contributed by atoms with E-state index in [1.165, 1.54) is 22.7 Å². The molecule has 7 heteroatoms. The molecule has 1 unspecified atom stereocenters. The van der Waals surface area contributed by atoms with Crippen molar-refractivity contribution in [2.24, 2.45) is 11.7 Å². The predicted octanol–water partition coefficient (Wildman–Crippen LogP) is -0.197. The Labute approximate surface area is 103 Å². The lowest BCUT2D eigenvalue weighted by Gasteiger charge is -2.15. The summed E-state index contributed by atoms with van der Waals surface area (Å²) in [5.74, 6) is 0.547. The van der Waals surface area contributed by atoms with Gasteiger partial charge in [0.25, 0.3) is 5.56 Å². The van der Waals surface area contributed by atoms with Crippen LogP contribution >= 0.6 is 11.8 Å². The topological polar surface area (TPSA) is 92.1 Å². The van der Waals surface area contributed by atoms with Crippen LogP contribution in [0.1, 0.15) is 6.42 Å². The largest absolute Gasteiger partial charge is 0.330 e. The summed E-state index contributed by atoms with van der Waals surface area (Å²) >= 11 is 1.33. The van der Waals surface area contributed by atoms with Crippen molar-refractivity contribution in [3.8, 4) is 0 Å². The van der Waals surface area contributed by atoms with Crippen molar-refractivity contribution < 1.29 is 4.79 Å². The number of carbonyl (C=O) groups excluding carboxylic acids is 1. The molecule has 0 aliphatic carbocycles. The standard InChI is InChI=1S/C10H14N4O2S/c1-17-10-12-7(3-8(15)13-10)14-5-6(4-11)2-9(14)16/h3,6H,2,4-5,11H2,1H3,(H,12,13,15). The van der Waals surface area contributed by atoms with E-state index in [0.717, 1.165) is 0 Å². The quantitative estimate of drug-likeness (QED) is 0.576. The normalized spacial score (nSPS) is 20.0. The number of rotatable bonds is 3. The van der Waals surface area contributed by atoms with Gasteiger partial charge in [0.1, 0.15) is 5.82 Å². The summed E-state index contributed by atoms with van der Waals surface area (Å²) in [7, 11) is 0. The summed E-state index contributed by atoms with van der Waals surface area (Å²) < 4.78 is 0. The highest BCUT2D eigenvalue weighted by atomic mass is 32.2. The highest BCUT2D eigenvalue weighted by molar-refractivity contribution is 7.98. The van der Waals surface area contributed by atoms with Crippen LogP contribution in [-0.2, 0) is 4.79 Å². The number of H-pyrrole nitrogens is 1. The molecule has 17 heavy (non-hydrogen) atoms. The molecule has 1 aromatic heterocycles. The van der Waals surface area contributed by atoms with Gasteiger partial charge in [0.05, 0.1) is 0 Å². The molecule has 1 saturated heterocycles. The van der Waals surface area contributed by atoms with Gasteiger partial charge in [-0.05, 0) is 18.7 Å². The molecule has 0 aromatic carbocycles. The first-order chi connectivity index (χ1) is 8.13. The zero-order valence-corrected chi connectivity index (χ0v) is 10.3. The molecule has 1 amide bonds. The van der Waals surface area contributed by atoms with Crippen molar-refractivity contribution in [1.82, 2.24) is 9.97 Å². The van der Waals surface area contributed by atoms with Crippen LogP contribution in [0, 0.1) is 5.92 Å². The summed E-state index contributed by atoms with van der Waals surface area (Å²) in [6.45, 7) is 1.01. The molecule has 2 heterocycles. The van der Waals surface area contributed by atoms with Crippen molar-refractivity contribution in [3.63, 3.8) is 0 Å². The first-order valence-electron chi connectivity index (χ1n) is 5.30. The van der Waals surface area contributed by atoms with Gasteiger partial charge in [-0.1, -0.05) is 11.8 Å². The number of nitrogens with zero attached hydrogens (tertiary/aromatic N) is 2. The van der Waals surface area contributed by atoms with Gasteiger partial charge < -0.3 is 10.7 Å². The van der Waals surface area contributed by atoms with E-state index in [4.69, 9.17) is 5.73 Å². The van der Waals surface area contributed by atoms with Gasteiger partial charge in [0, 0.05) is 19.0 Å². The maximum absolute atomic E-state index is 11.8. The van der Waals surface area contributed by atoms with Crippen molar-refractivity contribution >= 4 is 23.5 Å². The Kier molecular flexibility index (Phi) is 3.49. The number of nitrogens with one attached hydrogen (secondary N) is 1. The van der Waals surface area contributed by atoms with Crippen molar-refractivity contribution in [3.05, 3.63) is 16.4 Å². The lowest BCUT2D eigenvalue weighted by Crippen LogP contribution is -2.28. The average Bonchev–Trinajstić information content (AvgIpc) is 2.69. The monoisotopic (exact) mass is 254 g/mol. The lowest BCUT2D eigenvalue weighted by molar-refractivity contribution is -0.117. The number of aromatic nitrogens is 2. The molecule has 92 valence electrons. The zero-order chi connectivity index (χ0) is 12.4. The highest BCUT2D eigenvalue weighted by Gasteiger charge is 2.30. The van der Waals surface area contributed by atoms with Crippen LogP contribution in [0.5, 0.6) is 0 Å². The number of amides is 1. The van der Waals surface area contributed by atoms with E-state index in [1.807, 2.05) is 6.26 Å². The third-order valence-electron chi connectivity index (χ3n) is 2.71. The number of anilines is 1. The Morgan fingerprint density at radius 2 is 2.41 bits per heavy atom. The van der Waals surface area contributed by atoms with Crippen molar-refractivity contribution in [1.29, 1.82) is 0 Å². The second-order valence-corrected chi connectivity index (χ2v) is 4.72. The molecule has 1 atom stereocenters. The van der Waals surface area contributed by atoms with Crippen LogP contribution in [0.15, 0.2) is 16.0 Å². The predicted molar refractivity (Wildman–Crippen MR) is 66.2 cm³/mol. The van der Waals surface area contributed by atoms with E-state index in [-0.39, 0.29) is 17.4 Å². The molecule has 1 fully saturated rings. The van der Waals surface area contributed by atoms with Gasteiger partial charge >= 0.3 is 0 Å². The number of aromatic amines is 1. The number of thioether (sulfide) groups is 1. The van der Waals surface area contributed by atoms with E-state index < -0.39 is 0 Å².